The van der Waals surface area contributed by atoms with Crippen LogP contribution in [0.3, 0.4) is 0 Å². The van der Waals surface area contributed by atoms with E-state index in [1.165, 1.54) is 0 Å². The minimum absolute atomic E-state index is 0.177. The molecule has 96 valence electrons. The molecular weight excluding hydrogens is 244 g/mol. The van der Waals surface area contributed by atoms with Crippen LogP contribution >= 0.6 is 11.8 Å². The van der Waals surface area contributed by atoms with Crippen LogP contribution in [0.15, 0.2) is 0 Å². The summed E-state index contributed by atoms with van der Waals surface area (Å²) in [5.74, 6) is 0.865. The quantitative estimate of drug-likeness (QED) is 0.824. The second-order valence-electron chi connectivity index (χ2n) is 4.85. The van der Waals surface area contributed by atoms with Gasteiger partial charge in [0.25, 0.3) is 0 Å². The number of nitrogens with zero attached hydrogens (tertiary/aromatic N) is 1. The molecule has 1 unspecified atom stereocenters. The first kappa shape index (κ1) is 14.3. The third kappa shape index (κ3) is 3.35. The molecule has 1 saturated heterocycles. The smallest absolute Gasteiger partial charge is 0.217 e. The highest BCUT2D eigenvalue weighted by Crippen LogP contribution is 2.31. The van der Waals surface area contributed by atoms with Gasteiger partial charge in [-0.1, -0.05) is 13.8 Å². The Balaban J connectivity index is 2.75. The summed E-state index contributed by atoms with van der Waals surface area (Å²) < 4.78 is 26.0. The topological polar surface area (TPSA) is 63.4 Å². The maximum Gasteiger partial charge on any atom is 0.217 e. The Bertz CT molecular complexity index is 328. The van der Waals surface area contributed by atoms with E-state index in [4.69, 9.17) is 5.73 Å². The van der Waals surface area contributed by atoms with Crippen molar-refractivity contribution in [1.82, 2.24) is 4.31 Å². The third-order valence-corrected chi connectivity index (χ3v) is 6.66. The van der Waals surface area contributed by atoms with Crippen molar-refractivity contribution in [2.24, 2.45) is 5.73 Å². The van der Waals surface area contributed by atoms with Crippen molar-refractivity contribution in [3.63, 3.8) is 0 Å². The molecule has 0 radical (unpaired) electrons. The normalized spacial score (nSPS) is 25.0. The van der Waals surface area contributed by atoms with E-state index in [0.29, 0.717) is 13.1 Å². The third-order valence-electron chi connectivity index (χ3n) is 3.00. The van der Waals surface area contributed by atoms with Crippen LogP contribution in [0.1, 0.15) is 27.2 Å². The minimum Gasteiger partial charge on any atom is -0.329 e. The lowest BCUT2D eigenvalue weighted by Crippen LogP contribution is -2.42. The van der Waals surface area contributed by atoms with Gasteiger partial charge in [0.2, 0.25) is 10.0 Å². The molecule has 0 spiro atoms. The predicted octanol–water partition coefficient (Wildman–Crippen LogP) is 0.881. The molecule has 1 heterocycles. The Hall–Kier alpha value is 0.220. The average Bonchev–Trinajstić information content (AvgIpc) is 2.38. The molecule has 1 aliphatic heterocycles. The first-order chi connectivity index (χ1) is 7.29. The summed E-state index contributed by atoms with van der Waals surface area (Å²) in [7, 11) is -3.19. The molecule has 0 aromatic heterocycles. The van der Waals surface area contributed by atoms with Crippen LogP contribution in [-0.2, 0) is 10.0 Å². The molecule has 0 aromatic carbocycles. The standard InChI is InChI=1S/C10H22N2O2S2/c1-9(8-11)16(13,14)12-5-4-10(2,3)15-7-6-12/h9H,4-8,11H2,1-3H3. The van der Waals surface area contributed by atoms with Crippen molar-refractivity contribution in [1.29, 1.82) is 0 Å². The van der Waals surface area contributed by atoms with Gasteiger partial charge in [0, 0.05) is 30.1 Å². The van der Waals surface area contributed by atoms with Gasteiger partial charge in [0.1, 0.15) is 0 Å². The van der Waals surface area contributed by atoms with Gasteiger partial charge in [-0.3, -0.25) is 0 Å². The zero-order valence-electron chi connectivity index (χ0n) is 10.3. The van der Waals surface area contributed by atoms with Gasteiger partial charge in [0.15, 0.2) is 0 Å². The summed E-state index contributed by atoms with van der Waals surface area (Å²) in [6.07, 6.45) is 0.897. The van der Waals surface area contributed by atoms with Crippen LogP contribution in [0.4, 0.5) is 0 Å². The van der Waals surface area contributed by atoms with Gasteiger partial charge in [0.05, 0.1) is 5.25 Å². The Morgan fingerprint density at radius 2 is 2.06 bits per heavy atom. The molecule has 1 atom stereocenters. The van der Waals surface area contributed by atoms with Crippen LogP contribution in [0.5, 0.6) is 0 Å². The van der Waals surface area contributed by atoms with E-state index in [9.17, 15) is 8.42 Å². The summed E-state index contributed by atoms with van der Waals surface area (Å²) >= 11 is 1.84. The number of nitrogens with two attached hydrogens (primary N) is 1. The number of rotatable bonds is 3. The fourth-order valence-corrected chi connectivity index (χ4v) is 4.29. The highest BCUT2D eigenvalue weighted by atomic mass is 32.2. The Kier molecular flexibility index (Phi) is 4.68. The summed E-state index contributed by atoms with van der Waals surface area (Å²) in [6.45, 7) is 7.43. The van der Waals surface area contributed by atoms with Crippen molar-refractivity contribution >= 4 is 21.8 Å². The Labute approximate surface area is 103 Å². The van der Waals surface area contributed by atoms with E-state index >= 15 is 0 Å². The van der Waals surface area contributed by atoms with Crippen LogP contribution in [0, 0.1) is 0 Å². The first-order valence-corrected chi connectivity index (χ1v) is 8.11. The highest BCUT2D eigenvalue weighted by molar-refractivity contribution is 8.00. The van der Waals surface area contributed by atoms with Crippen LogP contribution < -0.4 is 5.73 Å². The van der Waals surface area contributed by atoms with Gasteiger partial charge >= 0.3 is 0 Å². The summed E-state index contributed by atoms with van der Waals surface area (Å²) in [5, 5.41) is -0.473. The van der Waals surface area contributed by atoms with Crippen LogP contribution in [-0.4, -0.2) is 48.1 Å². The van der Waals surface area contributed by atoms with E-state index < -0.39 is 15.3 Å². The molecule has 1 fully saturated rings. The van der Waals surface area contributed by atoms with Gasteiger partial charge < -0.3 is 5.73 Å². The molecular formula is C10H22N2O2S2. The Morgan fingerprint density at radius 3 is 2.62 bits per heavy atom. The minimum atomic E-state index is -3.19. The molecule has 2 N–H and O–H groups in total. The molecule has 0 aliphatic carbocycles. The molecule has 0 amide bonds. The molecule has 0 aromatic rings. The summed E-state index contributed by atoms with van der Waals surface area (Å²) in [4.78, 5) is 0. The fraction of sp³-hybridized carbons (Fsp3) is 1.00. The number of hydrogen-bond donors (Lipinski definition) is 1. The second-order valence-corrected chi connectivity index (χ2v) is 9.00. The van der Waals surface area contributed by atoms with Gasteiger partial charge in [-0.05, 0) is 13.3 Å². The van der Waals surface area contributed by atoms with E-state index in [0.717, 1.165) is 12.2 Å². The molecule has 1 aliphatic rings. The molecule has 6 heteroatoms. The van der Waals surface area contributed by atoms with Crippen molar-refractivity contribution in [2.75, 3.05) is 25.4 Å². The van der Waals surface area contributed by atoms with E-state index in [1.807, 2.05) is 11.8 Å². The van der Waals surface area contributed by atoms with E-state index in [2.05, 4.69) is 13.8 Å². The molecule has 4 nitrogen and oxygen atoms in total. The molecule has 0 bridgehead atoms. The fourth-order valence-electron chi connectivity index (χ4n) is 1.63. The monoisotopic (exact) mass is 266 g/mol. The predicted molar refractivity (Wildman–Crippen MR) is 70.2 cm³/mol. The second kappa shape index (κ2) is 5.25. The molecule has 1 rings (SSSR count). The maximum atomic E-state index is 12.1. The zero-order chi connectivity index (χ0) is 12.4. The van der Waals surface area contributed by atoms with Gasteiger partial charge in [-0.2, -0.15) is 11.8 Å². The number of thioether (sulfide) groups is 1. The lowest BCUT2D eigenvalue weighted by molar-refractivity contribution is 0.409. The first-order valence-electron chi connectivity index (χ1n) is 5.62. The summed E-state index contributed by atoms with van der Waals surface area (Å²) in [6, 6.07) is 0. The van der Waals surface area contributed by atoms with Gasteiger partial charge in [-0.25, -0.2) is 12.7 Å². The SMILES string of the molecule is CC(CN)S(=O)(=O)N1CCSC(C)(C)CC1. The van der Waals surface area contributed by atoms with Gasteiger partial charge in [-0.15, -0.1) is 0 Å². The van der Waals surface area contributed by atoms with Crippen molar-refractivity contribution < 1.29 is 8.42 Å². The summed E-state index contributed by atoms with van der Waals surface area (Å²) in [5.41, 5.74) is 5.45. The number of sulfonamides is 1. The number of hydrogen-bond acceptors (Lipinski definition) is 4. The van der Waals surface area contributed by atoms with Crippen LogP contribution in [0.25, 0.3) is 0 Å². The zero-order valence-corrected chi connectivity index (χ0v) is 11.9. The maximum absolute atomic E-state index is 12.1. The lowest BCUT2D eigenvalue weighted by Gasteiger charge is -2.24. The largest absolute Gasteiger partial charge is 0.329 e. The van der Waals surface area contributed by atoms with Crippen LogP contribution in [0.2, 0.25) is 0 Å². The Morgan fingerprint density at radius 1 is 1.44 bits per heavy atom. The lowest BCUT2D eigenvalue weighted by atomic mass is 10.1. The molecule has 16 heavy (non-hydrogen) atoms. The van der Waals surface area contributed by atoms with Crippen molar-refractivity contribution in [3.8, 4) is 0 Å². The van der Waals surface area contributed by atoms with Crippen molar-refractivity contribution in [3.05, 3.63) is 0 Å². The van der Waals surface area contributed by atoms with Crippen molar-refractivity contribution in [2.45, 2.75) is 37.2 Å². The van der Waals surface area contributed by atoms with E-state index in [-0.39, 0.29) is 11.3 Å². The average molecular weight is 266 g/mol. The highest BCUT2D eigenvalue weighted by Gasteiger charge is 2.32. The molecule has 0 saturated carbocycles. The van der Waals surface area contributed by atoms with E-state index in [1.54, 1.807) is 11.2 Å².